The van der Waals surface area contributed by atoms with Crippen molar-refractivity contribution < 1.29 is 4.79 Å². The van der Waals surface area contributed by atoms with Gasteiger partial charge in [-0.05, 0) is 25.7 Å². The van der Waals surface area contributed by atoms with Crippen LogP contribution in [0.25, 0.3) is 0 Å². The maximum absolute atomic E-state index is 12.4. The summed E-state index contributed by atoms with van der Waals surface area (Å²) in [7, 11) is 0. The zero-order valence-electron chi connectivity index (χ0n) is 11.1. The minimum absolute atomic E-state index is 0.103. The monoisotopic (exact) mass is 261 g/mol. The van der Waals surface area contributed by atoms with Gasteiger partial charge in [-0.2, -0.15) is 0 Å². The molecular weight excluding hydrogens is 242 g/mol. The van der Waals surface area contributed by atoms with E-state index < -0.39 is 0 Å². The normalized spacial score (nSPS) is 29.2. The fourth-order valence-corrected chi connectivity index (χ4v) is 3.31. The number of carbonyl (C=O) groups is 1. The molecule has 6 heteroatoms. The highest BCUT2D eigenvalue weighted by molar-refractivity contribution is 5.98. The molecule has 4 N–H and O–H groups in total. The first kappa shape index (κ1) is 12.3. The van der Waals surface area contributed by atoms with Crippen LogP contribution in [0.2, 0.25) is 0 Å². The van der Waals surface area contributed by atoms with Gasteiger partial charge in [0.2, 0.25) is 0 Å². The molecule has 6 nitrogen and oxygen atoms in total. The zero-order chi connectivity index (χ0) is 13.5. The zero-order valence-corrected chi connectivity index (χ0v) is 11.1. The number of amides is 1. The lowest BCUT2D eigenvalue weighted by atomic mass is 9.90. The Labute approximate surface area is 112 Å². The second-order valence-electron chi connectivity index (χ2n) is 5.55. The van der Waals surface area contributed by atoms with E-state index in [1.54, 1.807) is 6.92 Å². The van der Waals surface area contributed by atoms with E-state index in [1.807, 2.05) is 0 Å². The molecule has 2 fully saturated rings. The first-order chi connectivity index (χ1) is 9.11. The summed E-state index contributed by atoms with van der Waals surface area (Å²) in [6.45, 7) is 3.58. The molecule has 2 aliphatic rings. The Balaban J connectivity index is 1.81. The third-order valence-electron chi connectivity index (χ3n) is 4.33. The van der Waals surface area contributed by atoms with Crippen LogP contribution in [0.5, 0.6) is 0 Å². The van der Waals surface area contributed by atoms with E-state index >= 15 is 0 Å². The van der Waals surface area contributed by atoms with Gasteiger partial charge in [-0.15, -0.1) is 0 Å². The maximum atomic E-state index is 12.4. The number of rotatable bonds is 2. The molecule has 0 unspecified atom stereocenters. The number of nitrogen functional groups attached to an aromatic ring is 1. The van der Waals surface area contributed by atoms with Gasteiger partial charge in [-0.1, -0.05) is 6.42 Å². The summed E-state index contributed by atoms with van der Waals surface area (Å²) in [6.07, 6.45) is 4.89. The van der Waals surface area contributed by atoms with Crippen molar-refractivity contribution in [3.63, 3.8) is 0 Å². The number of fused-ring (bicyclic) bond motifs is 1. The highest BCUT2D eigenvalue weighted by Gasteiger charge is 2.47. The average molecular weight is 261 g/mol. The molecule has 1 saturated heterocycles. The lowest BCUT2D eigenvalue weighted by Gasteiger charge is -2.29. The van der Waals surface area contributed by atoms with E-state index in [4.69, 9.17) is 5.73 Å². The Morgan fingerprint density at radius 3 is 3.26 bits per heavy atom. The first-order valence-electron chi connectivity index (χ1n) is 6.73. The number of anilines is 1. The van der Waals surface area contributed by atoms with Crippen LogP contribution in [0.3, 0.4) is 0 Å². The fraction of sp³-hybridized carbons (Fsp3) is 0.615. The summed E-state index contributed by atoms with van der Waals surface area (Å²) in [6, 6.07) is 0. The van der Waals surface area contributed by atoms with Gasteiger partial charge >= 0.3 is 0 Å². The van der Waals surface area contributed by atoms with E-state index in [2.05, 4.69) is 20.6 Å². The minimum atomic E-state index is -0.159. The topological polar surface area (TPSA) is 92.9 Å². The van der Waals surface area contributed by atoms with Crippen LogP contribution in [-0.2, 0) is 0 Å². The number of carbonyl (C=O) groups excluding carboxylic acids is 1. The second kappa shape index (κ2) is 4.45. The Hall–Kier alpha value is -1.69. The number of hydrogen-bond donors (Lipinski definition) is 3. The van der Waals surface area contributed by atoms with Crippen LogP contribution in [0.1, 0.15) is 35.4 Å². The summed E-state index contributed by atoms with van der Waals surface area (Å²) >= 11 is 0. The van der Waals surface area contributed by atoms with E-state index in [9.17, 15) is 4.79 Å². The molecule has 0 spiro atoms. The van der Waals surface area contributed by atoms with Crippen molar-refractivity contribution >= 4 is 11.7 Å². The molecule has 1 amide bonds. The third-order valence-corrected chi connectivity index (χ3v) is 4.33. The van der Waals surface area contributed by atoms with Crippen molar-refractivity contribution in [1.29, 1.82) is 0 Å². The van der Waals surface area contributed by atoms with E-state index in [1.165, 1.54) is 19.0 Å². The van der Waals surface area contributed by atoms with Crippen LogP contribution in [0, 0.1) is 12.8 Å². The molecule has 2 heterocycles. The van der Waals surface area contributed by atoms with Gasteiger partial charge < -0.3 is 16.4 Å². The molecular formula is C13H19N5O. The van der Waals surface area contributed by atoms with Gasteiger partial charge in [0, 0.05) is 19.3 Å². The standard InChI is InChI=1S/C13H19N5O/c1-8-16-6-10(11(14)17-8)12(19)18-13-4-2-3-9(13)5-15-7-13/h6,9,15H,2-5,7H2,1H3,(H,18,19)(H2,14,16,17)/t9-,13-/m0/s1. The van der Waals surface area contributed by atoms with Gasteiger partial charge in [-0.3, -0.25) is 4.79 Å². The Morgan fingerprint density at radius 2 is 2.47 bits per heavy atom. The number of aromatic nitrogens is 2. The van der Waals surface area contributed by atoms with Crippen LogP contribution >= 0.6 is 0 Å². The molecule has 102 valence electrons. The highest BCUT2D eigenvalue weighted by Crippen LogP contribution is 2.38. The van der Waals surface area contributed by atoms with E-state index in [-0.39, 0.29) is 17.3 Å². The molecule has 1 aromatic heterocycles. The highest BCUT2D eigenvalue weighted by atomic mass is 16.1. The van der Waals surface area contributed by atoms with Crippen molar-refractivity contribution in [3.05, 3.63) is 17.6 Å². The van der Waals surface area contributed by atoms with Crippen LogP contribution in [0.15, 0.2) is 6.20 Å². The van der Waals surface area contributed by atoms with Crippen molar-refractivity contribution in [2.45, 2.75) is 31.7 Å². The second-order valence-corrected chi connectivity index (χ2v) is 5.55. The van der Waals surface area contributed by atoms with Gasteiger partial charge in [0.05, 0.1) is 11.1 Å². The molecule has 2 atom stereocenters. The summed E-state index contributed by atoms with van der Waals surface area (Å²) in [4.78, 5) is 20.5. The summed E-state index contributed by atoms with van der Waals surface area (Å²) in [5.41, 5.74) is 6.07. The summed E-state index contributed by atoms with van der Waals surface area (Å²) in [5, 5.41) is 6.54. The lowest BCUT2D eigenvalue weighted by molar-refractivity contribution is 0.0894. The van der Waals surface area contributed by atoms with Crippen LogP contribution in [-0.4, -0.2) is 34.5 Å². The average Bonchev–Trinajstić information content (AvgIpc) is 2.87. The smallest absolute Gasteiger partial charge is 0.257 e. The van der Waals surface area contributed by atoms with E-state index in [0.717, 1.165) is 19.5 Å². The third kappa shape index (κ3) is 2.06. The van der Waals surface area contributed by atoms with Gasteiger partial charge in [0.1, 0.15) is 11.6 Å². The molecule has 0 aromatic carbocycles. The molecule has 1 aliphatic heterocycles. The molecule has 0 radical (unpaired) electrons. The molecule has 3 rings (SSSR count). The van der Waals surface area contributed by atoms with Gasteiger partial charge in [0.25, 0.3) is 5.91 Å². The number of aryl methyl sites for hydroxylation is 1. The summed E-state index contributed by atoms with van der Waals surface area (Å²) < 4.78 is 0. The predicted molar refractivity (Wildman–Crippen MR) is 71.6 cm³/mol. The lowest BCUT2D eigenvalue weighted by Crippen LogP contribution is -2.51. The Morgan fingerprint density at radius 1 is 1.63 bits per heavy atom. The minimum Gasteiger partial charge on any atom is -0.383 e. The number of hydrogen-bond acceptors (Lipinski definition) is 5. The molecule has 1 aliphatic carbocycles. The van der Waals surface area contributed by atoms with Crippen LogP contribution < -0.4 is 16.4 Å². The number of nitrogens with one attached hydrogen (secondary N) is 2. The van der Waals surface area contributed by atoms with Crippen molar-refractivity contribution in [1.82, 2.24) is 20.6 Å². The summed E-state index contributed by atoms with van der Waals surface area (Å²) in [5.74, 6) is 1.20. The van der Waals surface area contributed by atoms with Crippen molar-refractivity contribution in [3.8, 4) is 0 Å². The molecule has 0 bridgehead atoms. The largest absolute Gasteiger partial charge is 0.383 e. The number of nitrogens with zero attached hydrogens (tertiary/aromatic N) is 2. The van der Waals surface area contributed by atoms with E-state index in [0.29, 0.717) is 17.3 Å². The SMILES string of the molecule is Cc1ncc(C(=O)N[C@]23CCC[C@H]2CNC3)c(N)n1. The molecule has 1 aromatic rings. The Kier molecular flexibility index (Phi) is 2.89. The number of nitrogens with two attached hydrogens (primary N) is 1. The quantitative estimate of drug-likeness (QED) is 0.709. The first-order valence-corrected chi connectivity index (χ1v) is 6.73. The van der Waals surface area contributed by atoms with Crippen LogP contribution in [0.4, 0.5) is 5.82 Å². The molecule has 1 saturated carbocycles. The predicted octanol–water partition coefficient (Wildman–Crippen LogP) is 0.239. The fourth-order valence-electron chi connectivity index (χ4n) is 3.31. The van der Waals surface area contributed by atoms with Gasteiger partial charge in [-0.25, -0.2) is 9.97 Å². The Bertz CT molecular complexity index is 506. The van der Waals surface area contributed by atoms with Gasteiger partial charge in [0.15, 0.2) is 0 Å². The molecule has 19 heavy (non-hydrogen) atoms. The maximum Gasteiger partial charge on any atom is 0.257 e. The van der Waals surface area contributed by atoms with Crippen molar-refractivity contribution in [2.75, 3.05) is 18.8 Å². The van der Waals surface area contributed by atoms with Crippen molar-refractivity contribution in [2.24, 2.45) is 5.92 Å².